The van der Waals surface area contributed by atoms with Crippen LogP contribution in [0.1, 0.15) is 31.2 Å². The van der Waals surface area contributed by atoms with Gasteiger partial charge in [-0.05, 0) is 67.2 Å². The molecule has 3 N–H and O–H groups in total. The van der Waals surface area contributed by atoms with Crippen molar-refractivity contribution in [1.82, 2.24) is 15.3 Å². The highest BCUT2D eigenvalue weighted by Gasteiger charge is 2.40. The summed E-state index contributed by atoms with van der Waals surface area (Å²) in [5.74, 6) is 0.536. The Morgan fingerprint density at radius 1 is 1.14 bits per heavy atom. The summed E-state index contributed by atoms with van der Waals surface area (Å²) in [4.78, 5) is 21.2. The van der Waals surface area contributed by atoms with Gasteiger partial charge in [0.2, 0.25) is 5.88 Å². The van der Waals surface area contributed by atoms with Crippen LogP contribution >= 0.6 is 0 Å². The zero-order chi connectivity index (χ0) is 24.0. The third kappa shape index (κ3) is 4.14. The predicted molar refractivity (Wildman–Crippen MR) is 131 cm³/mol. The maximum atomic E-state index is 15.1. The number of pyridine rings is 2. The van der Waals surface area contributed by atoms with Crippen LogP contribution in [0, 0.1) is 18.2 Å². The van der Waals surface area contributed by atoms with Crippen LogP contribution < -0.4 is 20.7 Å². The number of nitrogens with one attached hydrogen (secondary N) is 3. The molecule has 4 heterocycles. The van der Waals surface area contributed by atoms with Crippen LogP contribution in [0.3, 0.4) is 0 Å². The lowest BCUT2D eigenvalue weighted by atomic mass is 9.69. The average molecular weight is 478 g/mol. The second kappa shape index (κ2) is 8.64. The van der Waals surface area contributed by atoms with Gasteiger partial charge in [0.1, 0.15) is 30.0 Å². The number of hydrogen-bond donors (Lipinski definition) is 3. The van der Waals surface area contributed by atoms with Gasteiger partial charge in [-0.3, -0.25) is 5.32 Å². The van der Waals surface area contributed by atoms with Gasteiger partial charge < -0.3 is 20.1 Å². The summed E-state index contributed by atoms with van der Waals surface area (Å²) in [5.41, 5.74) is 3.19. The minimum Gasteiger partial charge on any atom is -0.474 e. The highest BCUT2D eigenvalue weighted by Crippen LogP contribution is 2.40. The SMILES string of the molecule is Cc1c(-c2cc3cc(NC(=O)OC4CCC5(CC4)CNC5)ncc3cc2F)cnc2c1NCCO2. The van der Waals surface area contributed by atoms with E-state index in [2.05, 4.69) is 25.9 Å². The van der Waals surface area contributed by atoms with E-state index in [1.165, 1.54) is 6.07 Å². The van der Waals surface area contributed by atoms with Crippen molar-refractivity contribution >= 4 is 28.4 Å². The van der Waals surface area contributed by atoms with Crippen LogP contribution in [-0.2, 0) is 4.74 Å². The van der Waals surface area contributed by atoms with Crippen molar-refractivity contribution in [2.75, 3.05) is 36.9 Å². The number of ether oxygens (including phenoxy) is 2. The van der Waals surface area contributed by atoms with Crippen LogP contribution in [0.15, 0.2) is 30.6 Å². The Balaban J connectivity index is 1.20. The van der Waals surface area contributed by atoms with E-state index in [1.54, 1.807) is 24.5 Å². The molecule has 1 saturated heterocycles. The number of halogens is 1. The Labute approximate surface area is 202 Å². The fraction of sp³-hybridized carbons (Fsp3) is 0.423. The standard InChI is InChI=1S/C26H28FN5O3/c1-15-20(12-31-24-23(15)29-6-7-34-24)19-8-16-10-22(30-11-17(16)9-21(19)27)32-25(33)35-18-2-4-26(5-3-18)13-28-14-26/h8-12,18,28-29H,2-7,13-14H2,1H3,(H,30,32,33). The van der Waals surface area contributed by atoms with Crippen molar-refractivity contribution in [3.05, 3.63) is 42.0 Å². The molecule has 0 bridgehead atoms. The normalized spacial score (nSPS) is 18.8. The van der Waals surface area contributed by atoms with Gasteiger partial charge in [0.25, 0.3) is 0 Å². The summed E-state index contributed by atoms with van der Waals surface area (Å²) >= 11 is 0. The average Bonchev–Trinajstić information content (AvgIpc) is 2.84. The maximum Gasteiger partial charge on any atom is 0.413 e. The molecule has 0 unspecified atom stereocenters. The van der Waals surface area contributed by atoms with Crippen LogP contribution in [0.25, 0.3) is 21.9 Å². The van der Waals surface area contributed by atoms with E-state index >= 15 is 4.39 Å². The van der Waals surface area contributed by atoms with E-state index in [9.17, 15) is 4.79 Å². The molecule has 9 heteroatoms. The van der Waals surface area contributed by atoms with E-state index in [0.717, 1.165) is 55.4 Å². The fourth-order valence-electron chi connectivity index (χ4n) is 5.37. The summed E-state index contributed by atoms with van der Waals surface area (Å²) in [5, 5.41) is 10.8. The van der Waals surface area contributed by atoms with Crippen molar-refractivity contribution in [2.24, 2.45) is 5.41 Å². The van der Waals surface area contributed by atoms with Gasteiger partial charge >= 0.3 is 6.09 Å². The molecular weight excluding hydrogens is 449 g/mol. The lowest BCUT2D eigenvalue weighted by molar-refractivity contribution is 0.0205. The van der Waals surface area contributed by atoms with Crippen LogP contribution in [-0.4, -0.2) is 48.4 Å². The lowest BCUT2D eigenvalue weighted by Gasteiger charge is -2.47. The topological polar surface area (TPSA) is 97.4 Å². The Hall–Kier alpha value is -3.46. The van der Waals surface area contributed by atoms with Crippen LogP contribution in [0.2, 0.25) is 0 Å². The molecule has 3 aromatic rings. The first-order valence-corrected chi connectivity index (χ1v) is 12.1. The van der Waals surface area contributed by atoms with Crippen LogP contribution in [0.5, 0.6) is 5.88 Å². The third-order valence-corrected chi connectivity index (χ3v) is 7.54. The number of benzene rings is 1. The molecule has 1 saturated carbocycles. The molecule has 0 atom stereocenters. The van der Waals surface area contributed by atoms with E-state index in [-0.39, 0.29) is 11.9 Å². The quantitative estimate of drug-likeness (QED) is 0.506. The van der Waals surface area contributed by atoms with Crippen LogP contribution in [0.4, 0.5) is 20.7 Å². The molecule has 6 rings (SSSR count). The predicted octanol–water partition coefficient (Wildman–Crippen LogP) is 4.63. The van der Waals surface area contributed by atoms with Crippen molar-refractivity contribution in [3.8, 4) is 17.0 Å². The van der Waals surface area contributed by atoms with E-state index < -0.39 is 6.09 Å². The number of carbonyl (C=O) groups excluding carboxylic acids is 1. The molecule has 1 aromatic carbocycles. The van der Waals surface area contributed by atoms with E-state index in [4.69, 9.17) is 9.47 Å². The van der Waals surface area contributed by atoms with Gasteiger partial charge in [-0.1, -0.05) is 0 Å². The lowest BCUT2D eigenvalue weighted by Crippen LogP contribution is -2.55. The molecule has 3 aliphatic rings. The molecule has 35 heavy (non-hydrogen) atoms. The molecule has 182 valence electrons. The number of carbonyl (C=O) groups is 1. The Kier molecular flexibility index (Phi) is 5.44. The summed E-state index contributed by atoms with van der Waals surface area (Å²) in [7, 11) is 0. The minimum atomic E-state index is -0.507. The first-order valence-electron chi connectivity index (χ1n) is 12.1. The molecule has 1 amide bonds. The number of fused-ring (bicyclic) bond motifs is 2. The Morgan fingerprint density at radius 3 is 2.74 bits per heavy atom. The second-order valence-electron chi connectivity index (χ2n) is 9.83. The van der Waals surface area contributed by atoms with E-state index in [1.807, 2.05) is 6.92 Å². The number of rotatable bonds is 3. The molecular formula is C26H28FN5O3. The fourth-order valence-corrected chi connectivity index (χ4v) is 5.37. The first-order chi connectivity index (χ1) is 17.0. The summed E-state index contributed by atoms with van der Waals surface area (Å²) in [6.45, 7) is 5.29. The molecule has 2 aliphatic heterocycles. The first kappa shape index (κ1) is 22.0. The maximum absolute atomic E-state index is 15.1. The molecule has 2 fully saturated rings. The smallest absolute Gasteiger partial charge is 0.413 e. The van der Waals surface area contributed by atoms with Gasteiger partial charge in [0.05, 0.1) is 0 Å². The Morgan fingerprint density at radius 2 is 1.97 bits per heavy atom. The molecule has 0 radical (unpaired) electrons. The third-order valence-electron chi connectivity index (χ3n) is 7.54. The van der Waals surface area contributed by atoms with Crippen molar-refractivity contribution < 1.29 is 18.7 Å². The highest BCUT2D eigenvalue weighted by molar-refractivity contribution is 5.92. The zero-order valence-corrected chi connectivity index (χ0v) is 19.6. The minimum absolute atomic E-state index is 0.0700. The summed E-state index contributed by atoms with van der Waals surface area (Å²) in [6, 6.07) is 4.95. The monoisotopic (exact) mass is 477 g/mol. The van der Waals surface area contributed by atoms with Crippen molar-refractivity contribution in [1.29, 1.82) is 0 Å². The van der Waals surface area contributed by atoms with Gasteiger partial charge in [0, 0.05) is 48.5 Å². The van der Waals surface area contributed by atoms with Gasteiger partial charge in [0.15, 0.2) is 0 Å². The largest absolute Gasteiger partial charge is 0.474 e. The molecule has 1 spiro atoms. The van der Waals surface area contributed by atoms with Gasteiger partial charge in [-0.15, -0.1) is 0 Å². The highest BCUT2D eigenvalue weighted by atomic mass is 19.1. The molecule has 2 aromatic heterocycles. The Bertz CT molecular complexity index is 1300. The second-order valence-corrected chi connectivity index (χ2v) is 9.83. The van der Waals surface area contributed by atoms with E-state index in [0.29, 0.717) is 46.8 Å². The molecule has 1 aliphatic carbocycles. The zero-order valence-electron chi connectivity index (χ0n) is 19.6. The number of nitrogens with zero attached hydrogens (tertiary/aromatic N) is 2. The summed E-state index contributed by atoms with van der Waals surface area (Å²) in [6.07, 6.45) is 6.55. The van der Waals surface area contributed by atoms with Crippen molar-refractivity contribution in [2.45, 2.75) is 38.7 Å². The number of anilines is 2. The van der Waals surface area contributed by atoms with Gasteiger partial charge in [-0.2, -0.15) is 0 Å². The number of amides is 1. The van der Waals surface area contributed by atoms with Crippen molar-refractivity contribution in [3.63, 3.8) is 0 Å². The van der Waals surface area contributed by atoms with Gasteiger partial charge in [-0.25, -0.2) is 19.2 Å². The number of hydrogen-bond acceptors (Lipinski definition) is 7. The molecule has 8 nitrogen and oxygen atoms in total. The summed E-state index contributed by atoms with van der Waals surface area (Å²) < 4.78 is 26.3. The number of aromatic nitrogens is 2.